The Morgan fingerprint density at radius 1 is 1.00 bits per heavy atom. The Balaban J connectivity index is 2.21. The Hall–Kier alpha value is -2.87. The molecule has 8 heteroatoms. The van der Waals surface area contributed by atoms with Crippen LogP contribution in [0, 0.1) is 19.8 Å². The summed E-state index contributed by atoms with van der Waals surface area (Å²) in [5, 5.41) is 2.97. The van der Waals surface area contributed by atoms with E-state index in [1.807, 2.05) is 71.0 Å². The summed E-state index contributed by atoms with van der Waals surface area (Å²) in [5.41, 5.74) is 3.65. The normalized spacial score (nSPS) is 12.3. The highest BCUT2D eigenvalue weighted by molar-refractivity contribution is 7.92. The SMILES string of the molecule is CC[C@H](C(=O)NCC(C)C)N(Cc1ccccc1C)C(=O)CCCN(c1ccc(C)cc1)S(C)(=O)=O. The number of hydrogen-bond acceptors (Lipinski definition) is 4. The lowest BCUT2D eigenvalue weighted by Crippen LogP contribution is -2.49. The van der Waals surface area contributed by atoms with Crippen molar-refractivity contribution < 1.29 is 18.0 Å². The first-order valence-corrected chi connectivity index (χ1v) is 14.4. The number of carbonyl (C=O) groups is 2. The van der Waals surface area contributed by atoms with Crippen molar-refractivity contribution in [3.63, 3.8) is 0 Å². The summed E-state index contributed by atoms with van der Waals surface area (Å²) >= 11 is 0. The highest BCUT2D eigenvalue weighted by Gasteiger charge is 2.29. The zero-order valence-corrected chi connectivity index (χ0v) is 23.3. The Labute approximate surface area is 216 Å². The molecule has 0 aliphatic rings. The molecule has 0 bridgehead atoms. The lowest BCUT2D eigenvalue weighted by molar-refractivity contribution is -0.141. The maximum Gasteiger partial charge on any atom is 0.242 e. The molecule has 2 rings (SSSR count). The Bertz CT molecular complexity index is 1110. The molecule has 1 atom stereocenters. The van der Waals surface area contributed by atoms with Gasteiger partial charge in [-0.1, -0.05) is 62.7 Å². The summed E-state index contributed by atoms with van der Waals surface area (Å²) in [5.74, 6) is -0.0246. The van der Waals surface area contributed by atoms with E-state index in [2.05, 4.69) is 5.32 Å². The van der Waals surface area contributed by atoms with E-state index >= 15 is 0 Å². The predicted molar refractivity (Wildman–Crippen MR) is 146 cm³/mol. The lowest BCUT2D eigenvalue weighted by atomic mass is 10.0. The van der Waals surface area contributed by atoms with Crippen LogP contribution in [0.5, 0.6) is 0 Å². The molecule has 0 saturated carbocycles. The molecule has 7 nitrogen and oxygen atoms in total. The van der Waals surface area contributed by atoms with Gasteiger partial charge in [0.15, 0.2) is 0 Å². The minimum atomic E-state index is -3.51. The van der Waals surface area contributed by atoms with Crippen molar-refractivity contribution in [1.29, 1.82) is 0 Å². The number of anilines is 1. The monoisotopic (exact) mass is 515 g/mol. The molecule has 0 heterocycles. The molecular formula is C28H41N3O4S. The highest BCUT2D eigenvalue weighted by atomic mass is 32.2. The van der Waals surface area contributed by atoms with Gasteiger partial charge in [0.1, 0.15) is 6.04 Å². The second-order valence-electron chi connectivity index (χ2n) is 9.79. The number of amides is 2. The van der Waals surface area contributed by atoms with Gasteiger partial charge in [0.25, 0.3) is 0 Å². The molecule has 0 fully saturated rings. The second-order valence-corrected chi connectivity index (χ2v) is 11.7. The first-order valence-electron chi connectivity index (χ1n) is 12.6. The van der Waals surface area contributed by atoms with Crippen LogP contribution in [0.3, 0.4) is 0 Å². The minimum Gasteiger partial charge on any atom is -0.354 e. The van der Waals surface area contributed by atoms with E-state index in [0.29, 0.717) is 37.5 Å². The van der Waals surface area contributed by atoms with Gasteiger partial charge in [-0.15, -0.1) is 0 Å². The van der Waals surface area contributed by atoms with Crippen LogP contribution in [-0.2, 0) is 26.2 Å². The fourth-order valence-electron chi connectivity index (χ4n) is 4.03. The van der Waals surface area contributed by atoms with Crippen LogP contribution in [-0.4, -0.2) is 50.5 Å². The zero-order chi connectivity index (χ0) is 26.9. The van der Waals surface area contributed by atoms with E-state index in [4.69, 9.17) is 0 Å². The number of sulfonamides is 1. The summed E-state index contributed by atoms with van der Waals surface area (Å²) in [7, 11) is -3.51. The van der Waals surface area contributed by atoms with E-state index < -0.39 is 16.1 Å². The largest absolute Gasteiger partial charge is 0.354 e. The second kappa shape index (κ2) is 13.4. The van der Waals surface area contributed by atoms with Crippen molar-refractivity contribution in [1.82, 2.24) is 10.2 Å². The maximum absolute atomic E-state index is 13.5. The summed E-state index contributed by atoms with van der Waals surface area (Å²) in [6.45, 7) is 10.9. The molecule has 2 aromatic rings. The fraction of sp³-hybridized carbons (Fsp3) is 0.500. The van der Waals surface area contributed by atoms with Gasteiger partial charge < -0.3 is 10.2 Å². The Morgan fingerprint density at radius 2 is 1.64 bits per heavy atom. The third kappa shape index (κ3) is 8.66. The summed E-state index contributed by atoms with van der Waals surface area (Å²) in [6, 6.07) is 14.5. The van der Waals surface area contributed by atoms with E-state index in [0.717, 1.165) is 16.7 Å². The van der Waals surface area contributed by atoms with Crippen LogP contribution in [0.15, 0.2) is 48.5 Å². The van der Waals surface area contributed by atoms with Gasteiger partial charge in [0, 0.05) is 26.1 Å². The molecule has 1 N–H and O–H groups in total. The van der Waals surface area contributed by atoms with Crippen molar-refractivity contribution in [2.24, 2.45) is 5.92 Å². The molecular weight excluding hydrogens is 474 g/mol. The van der Waals surface area contributed by atoms with Crippen LogP contribution in [0.2, 0.25) is 0 Å². The third-order valence-electron chi connectivity index (χ3n) is 6.15. The number of aryl methyl sites for hydroxylation is 2. The predicted octanol–water partition coefficient (Wildman–Crippen LogP) is 4.43. The number of rotatable bonds is 13. The molecule has 198 valence electrons. The van der Waals surface area contributed by atoms with E-state index in [-0.39, 0.29) is 24.8 Å². The zero-order valence-electron chi connectivity index (χ0n) is 22.5. The molecule has 0 saturated heterocycles. The molecule has 0 aliphatic heterocycles. The molecule has 0 aliphatic carbocycles. The van der Waals surface area contributed by atoms with Crippen molar-refractivity contribution in [3.05, 3.63) is 65.2 Å². The van der Waals surface area contributed by atoms with E-state index in [1.54, 1.807) is 17.0 Å². The number of carbonyl (C=O) groups excluding carboxylic acids is 2. The van der Waals surface area contributed by atoms with Gasteiger partial charge in [-0.25, -0.2) is 8.42 Å². The highest BCUT2D eigenvalue weighted by Crippen LogP contribution is 2.21. The van der Waals surface area contributed by atoms with Crippen molar-refractivity contribution in [2.75, 3.05) is 23.7 Å². The van der Waals surface area contributed by atoms with Gasteiger partial charge in [0.05, 0.1) is 11.9 Å². The molecule has 0 unspecified atom stereocenters. The number of hydrogen-bond donors (Lipinski definition) is 1. The first kappa shape index (κ1) is 29.4. The van der Waals surface area contributed by atoms with Crippen LogP contribution in [0.1, 0.15) is 56.7 Å². The Kier molecular flexibility index (Phi) is 11.0. The molecule has 0 spiro atoms. The number of nitrogens with one attached hydrogen (secondary N) is 1. The van der Waals surface area contributed by atoms with Gasteiger partial charge in [-0.3, -0.25) is 13.9 Å². The van der Waals surface area contributed by atoms with Gasteiger partial charge in [-0.2, -0.15) is 0 Å². The fourth-order valence-corrected chi connectivity index (χ4v) is 4.99. The third-order valence-corrected chi connectivity index (χ3v) is 7.34. The molecule has 36 heavy (non-hydrogen) atoms. The maximum atomic E-state index is 13.5. The Morgan fingerprint density at radius 3 is 2.19 bits per heavy atom. The topological polar surface area (TPSA) is 86.8 Å². The average Bonchev–Trinajstić information content (AvgIpc) is 2.81. The van der Waals surface area contributed by atoms with Gasteiger partial charge in [0.2, 0.25) is 21.8 Å². The summed E-state index contributed by atoms with van der Waals surface area (Å²) in [4.78, 5) is 28.2. The molecule has 2 amide bonds. The minimum absolute atomic E-state index is 0.137. The lowest BCUT2D eigenvalue weighted by Gasteiger charge is -2.31. The molecule has 0 aromatic heterocycles. The van der Waals surface area contributed by atoms with Crippen LogP contribution in [0.25, 0.3) is 0 Å². The van der Waals surface area contributed by atoms with Crippen molar-refractivity contribution in [3.8, 4) is 0 Å². The van der Waals surface area contributed by atoms with E-state index in [9.17, 15) is 18.0 Å². The number of nitrogens with zero attached hydrogens (tertiary/aromatic N) is 2. The van der Waals surface area contributed by atoms with Crippen molar-refractivity contribution >= 4 is 27.5 Å². The number of benzene rings is 2. The van der Waals surface area contributed by atoms with Gasteiger partial charge in [-0.05, 0) is 55.9 Å². The average molecular weight is 516 g/mol. The summed E-state index contributed by atoms with van der Waals surface area (Å²) in [6.07, 6.45) is 2.14. The molecule has 0 radical (unpaired) electrons. The van der Waals surface area contributed by atoms with Gasteiger partial charge >= 0.3 is 0 Å². The van der Waals surface area contributed by atoms with Crippen LogP contribution >= 0.6 is 0 Å². The van der Waals surface area contributed by atoms with Crippen molar-refractivity contribution in [2.45, 2.75) is 66.5 Å². The summed E-state index contributed by atoms with van der Waals surface area (Å²) < 4.78 is 26.2. The van der Waals surface area contributed by atoms with E-state index in [1.165, 1.54) is 10.6 Å². The van der Waals surface area contributed by atoms with Crippen LogP contribution < -0.4 is 9.62 Å². The molecule has 2 aromatic carbocycles. The smallest absolute Gasteiger partial charge is 0.242 e. The van der Waals surface area contributed by atoms with Crippen LogP contribution in [0.4, 0.5) is 5.69 Å². The quantitative estimate of drug-likeness (QED) is 0.428. The standard InChI is InChI=1S/C28H41N3O4S/c1-7-26(28(33)29-19-21(2)3)30(20-24-12-9-8-11-23(24)5)27(32)13-10-18-31(36(6,34)35)25-16-14-22(4)15-17-25/h8-9,11-12,14-17,21,26H,7,10,13,18-20H2,1-6H3,(H,29,33)/t26-/m1/s1. The first-order chi connectivity index (χ1) is 16.9.